The minimum Gasteiger partial charge on any atom is -0.488 e. The van der Waals surface area contributed by atoms with E-state index in [0.717, 1.165) is 12.1 Å². The molecule has 6 bridgehead atoms. The monoisotopic (exact) mass is 727 g/mol. The van der Waals surface area contributed by atoms with Crippen LogP contribution < -0.4 is 9.64 Å². The fourth-order valence-corrected chi connectivity index (χ4v) is 7.18. The summed E-state index contributed by atoms with van der Waals surface area (Å²) < 4.78 is 55.5. The minimum absolute atomic E-state index is 0.134. The number of halogens is 3. The summed E-state index contributed by atoms with van der Waals surface area (Å²) in [4.78, 5) is 20.0. The molecule has 0 aliphatic carbocycles. The Labute approximate surface area is 300 Å². The zero-order valence-corrected chi connectivity index (χ0v) is 30.4. The van der Waals surface area contributed by atoms with Crippen LogP contribution in [0.25, 0.3) is 28.0 Å². The van der Waals surface area contributed by atoms with E-state index in [0.29, 0.717) is 89.7 Å². The van der Waals surface area contributed by atoms with E-state index in [1.54, 1.807) is 63.3 Å². The molecule has 13 heteroatoms. The Bertz CT molecular complexity index is 1950. The van der Waals surface area contributed by atoms with Gasteiger partial charge in [0, 0.05) is 41.4 Å². The van der Waals surface area contributed by atoms with Crippen LogP contribution in [0.3, 0.4) is 0 Å². The highest BCUT2D eigenvalue weighted by Gasteiger charge is 2.39. The van der Waals surface area contributed by atoms with Crippen LogP contribution in [0.2, 0.25) is 5.15 Å². The van der Waals surface area contributed by atoms with Crippen LogP contribution in [0.1, 0.15) is 70.3 Å². The number of carbonyl (C=O) groups is 1. The number of carboxylic acid groups (broad SMARTS) is 1. The van der Waals surface area contributed by atoms with E-state index in [1.165, 1.54) is 0 Å². The van der Waals surface area contributed by atoms with Crippen molar-refractivity contribution >= 4 is 29.0 Å². The Hall–Kier alpha value is -3.81. The van der Waals surface area contributed by atoms with Crippen LogP contribution in [0.15, 0.2) is 36.4 Å². The van der Waals surface area contributed by atoms with E-state index >= 15 is 0 Å². The van der Waals surface area contributed by atoms with E-state index in [9.17, 15) is 23.8 Å². The van der Waals surface area contributed by atoms with Gasteiger partial charge in [-0.1, -0.05) is 29.8 Å². The predicted octanol–water partition coefficient (Wildman–Crippen LogP) is 7.51. The molecule has 3 aliphatic rings. The summed E-state index contributed by atoms with van der Waals surface area (Å²) in [6, 6.07) is 9.16. The summed E-state index contributed by atoms with van der Waals surface area (Å²) in [5.74, 6) is -2.64. The molecule has 0 saturated carbocycles. The van der Waals surface area contributed by atoms with E-state index in [-0.39, 0.29) is 17.5 Å². The largest absolute Gasteiger partial charge is 0.488 e. The molecule has 51 heavy (non-hydrogen) atoms. The van der Waals surface area contributed by atoms with Gasteiger partial charge in [-0.05, 0) is 77.6 Å². The first kappa shape index (κ1) is 37.0. The maximum atomic E-state index is 14.7. The van der Waals surface area contributed by atoms with Crippen molar-refractivity contribution in [3.63, 3.8) is 0 Å². The second-order valence-corrected chi connectivity index (χ2v) is 14.8. The smallest absolute Gasteiger partial charge is 0.337 e. The topological polar surface area (TPSA) is 115 Å². The number of aliphatic hydroxyl groups is 1. The number of anilines is 1. The van der Waals surface area contributed by atoms with Crippen molar-refractivity contribution < 1.29 is 42.7 Å². The fourth-order valence-electron chi connectivity index (χ4n) is 6.87. The van der Waals surface area contributed by atoms with Gasteiger partial charge in [0.15, 0.2) is 17.7 Å². The summed E-state index contributed by atoms with van der Waals surface area (Å²) >= 11 is 7.29. The molecule has 2 atom stereocenters. The number of nitrogens with zero attached hydrogens (tertiary/aromatic N) is 3. The molecule has 10 nitrogen and oxygen atoms in total. The van der Waals surface area contributed by atoms with E-state index in [4.69, 9.17) is 35.5 Å². The summed E-state index contributed by atoms with van der Waals surface area (Å²) in [7, 11) is 0. The summed E-state index contributed by atoms with van der Waals surface area (Å²) in [6.07, 6.45) is -0.654. The third-order valence-corrected chi connectivity index (χ3v) is 9.81. The first-order valence-electron chi connectivity index (χ1n) is 17.1. The lowest BCUT2D eigenvalue weighted by Gasteiger charge is -2.42. The third kappa shape index (κ3) is 7.43. The Kier molecular flexibility index (Phi) is 10.4. The highest BCUT2D eigenvalue weighted by Crippen LogP contribution is 2.44. The standard InChI is InChI=1S/C38H44ClF2N3O7/c1-21-20-48-14-15-49-38(6)10-12-43(13-11-38)35-30(32(36(46)47)51-37(3,4)5)22(2)26(19-45)34-42-31(33(39)44(34)35)24-9-7-8-23(16-24)25-17-27(40)28(41)18-29(25)50-21/h7-9,16-18,21,32,45H,10-15,19-20H2,1-6H3,(H,46,47)/t21-,32-/m0/s1. The number of aliphatic hydroxyl groups excluding tert-OH is 1. The number of aliphatic carboxylic acids is 1. The molecule has 2 aromatic carbocycles. The van der Waals surface area contributed by atoms with Crippen molar-refractivity contribution in [2.24, 2.45) is 0 Å². The van der Waals surface area contributed by atoms with Gasteiger partial charge in [0.2, 0.25) is 0 Å². The number of aromatic nitrogens is 2. The Morgan fingerprint density at radius 1 is 1.14 bits per heavy atom. The van der Waals surface area contributed by atoms with Gasteiger partial charge in [-0.3, -0.25) is 4.40 Å². The highest BCUT2D eigenvalue weighted by molar-refractivity contribution is 6.32. The molecule has 0 unspecified atom stereocenters. The van der Waals surface area contributed by atoms with Gasteiger partial charge in [0.1, 0.15) is 34.2 Å². The number of fused-ring (bicyclic) bond motifs is 8. The van der Waals surface area contributed by atoms with Crippen molar-refractivity contribution in [3.05, 3.63) is 69.9 Å². The molecule has 5 heterocycles. The molecular weight excluding hydrogens is 684 g/mol. The molecule has 0 radical (unpaired) electrons. The minimum atomic E-state index is -1.40. The van der Waals surface area contributed by atoms with Crippen molar-refractivity contribution in [3.8, 4) is 28.1 Å². The number of benzene rings is 2. The van der Waals surface area contributed by atoms with Crippen LogP contribution in [0.5, 0.6) is 5.75 Å². The molecule has 4 aromatic rings. The summed E-state index contributed by atoms with van der Waals surface area (Å²) in [5, 5.41) is 21.6. The fraction of sp³-hybridized carbons (Fsp3) is 0.474. The Morgan fingerprint density at radius 2 is 1.82 bits per heavy atom. The predicted molar refractivity (Wildman–Crippen MR) is 190 cm³/mol. The number of hydrogen-bond donors (Lipinski definition) is 2. The average Bonchev–Trinajstić information content (AvgIpc) is 3.40. The van der Waals surface area contributed by atoms with E-state index in [2.05, 4.69) is 4.90 Å². The normalized spacial score (nSPS) is 20.7. The van der Waals surface area contributed by atoms with Gasteiger partial charge < -0.3 is 34.1 Å². The van der Waals surface area contributed by atoms with Crippen molar-refractivity contribution in [1.82, 2.24) is 9.38 Å². The molecule has 1 saturated heterocycles. The van der Waals surface area contributed by atoms with Gasteiger partial charge in [-0.2, -0.15) is 0 Å². The maximum Gasteiger partial charge on any atom is 0.337 e. The summed E-state index contributed by atoms with van der Waals surface area (Å²) in [5.41, 5.74) is 2.07. The SMILES string of the molecule is Cc1c([C@H](OC(C)(C)C)C(=O)O)c2n3c(Cl)c(nc3c1CO)-c1cccc(c1)-c1cc(F)c(F)cc1O[C@@H](C)COCCOC1(C)CCN2CC1. The molecule has 1 fully saturated rings. The number of carboxylic acids is 1. The van der Waals surface area contributed by atoms with Crippen molar-refractivity contribution in [2.45, 2.75) is 84.4 Å². The molecule has 3 aliphatic heterocycles. The van der Waals surface area contributed by atoms with Crippen molar-refractivity contribution in [2.75, 3.05) is 37.8 Å². The lowest BCUT2D eigenvalue weighted by molar-refractivity contribution is -0.160. The van der Waals surface area contributed by atoms with Gasteiger partial charge in [-0.15, -0.1) is 0 Å². The quantitative estimate of drug-likeness (QED) is 0.206. The molecule has 2 aromatic heterocycles. The molecule has 0 amide bonds. The number of ether oxygens (including phenoxy) is 4. The molecule has 7 rings (SSSR count). The van der Waals surface area contributed by atoms with Crippen molar-refractivity contribution in [1.29, 1.82) is 0 Å². The first-order valence-corrected chi connectivity index (χ1v) is 17.5. The van der Waals surface area contributed by atoms with Crippen LogP contribution in [0.4, 0.5) is 14.6 Å². The first-order chi connectivity index (χ1) is 24.1. The highest BCUT2D eigenvalue weighted by atomic mass is 35.5. The summed E-state index contributed by atoms with van der Waals surface area (Å²) in [6.45, 7) is 12.3. The average molecular weight is 728 g/mol. The van der Waals surface area contributed by atoms with Gasteiger partial charge in [-0.25, -0.2) is 18.6 Å². The second-order valence-electron chi connectivity index (χ2n) is 14.5. The molecule has 274 valence electrons. The van der Waals surface area contributed by atoms with Gasteiger partial charge >= 0.3 is 5.97 Å². The molecule has 2 N–H and O–H groups in total. The Balaban J connectivity index is 1.63. The number of hydrogen-bond acceptors (Lipinski definition) is 8. The lowest BCUT2D eigenvalue weighted by Crippen LogP contribution is -2.46. The Morgan fingerprint density at radius 3 is 2.49 bits per heavy atom. The van der Waals surface area contributed by atoms with Crippen LogP contribution in [-0.4, -0.2) is 75.8 Å². The number of pyridine rings is 1. The zero-order chi connectivity index (χ0) is 36.8. The van der Waals surface area contributed by atoms with Crippen LogP contribution in [-0.2, 0) is 25.6 Å². The second kappa shape index (κ2) is 14.3. The van der Waals surface area contributed by atoms with Gasteiger partial charge in [0.25, 0.3) is 0 Å². The van der Waals surface area contributed by atoms with Gasteiger partial charge in [0.05, 0.1) is 37.6 Å². The maximum absolute atomic E-state index is 14.7. The number of rotatable bonds is 4. The lowest BCUT2D eigenvalue weighted by atomic mass is 9.92. The van der Waals surface area contributed by atoms with E-state index in [1.807, 2.05) is 6.92 Å². The van der Waals surface area contributed by atoms with E-state index < -0.39 is 47.6 Å². The number of piperidine rings is 1. The van der Waals surface area contributed by atoms with Crippen LogP contribution in [0, 0.1) is 18.6 Å². The third-order valence-electron chi connectivity index (χ3n) is 9.47. The molecule has 0 spiro atoms. The molecular formula is C38H44ClF2N3O7. The zero-order valence-electron chi connectivity index (χ0n) is 29.7. The number of imidazole rings is 1. The van der Waals surface area contributed by atoms with Crippen LogP contribution >= 0.6 is 11.6 Å².